The van der Waals surface area contributed by atoms with Gasteiger partial charge in [-0.1, -0.05) is 24.3 Å². The molecule has 35 heavy (non-hydrogen) atoms. The Bertz CT molecular complexity index is 1380. The number of benzene rings is 3. The maximum atomic E-state index is 13.4. The van der Waals surface area contributed by atoms with Crippen LogP contribution in [-0.2, 0) is 13.1 Å². The van der Waals surface area contributed by atoms with Gasteiger partial charge in [-0.25, -0.2) is 9.18 Å². The lowest BCUT2D eigenvalue weighted by molar-refractivity contribution is 0.0837. The van der Waals surface area contributed by atoms with Crippen LogP contribution in [0.4, 0.5) is 4.39 Å². The van der Waals surface area contributed by atoms with E-state index >= 15 is 0 Å². The van der Waals surface area contributed by atoms with Crippen LogP contribution in [-0.4, -0.2) is 39.5 Å². The van der Waals surface area contributed by atoms with Crippen molar-refractivity contribution >= 4 is 39.4 Å². The number of imidazole rings is 1. The van der Waals surface area contributed by atoms with Crippen LogP contribution in [0.1, 0.15) is 28.8 Å². The molecule has 2 heterocycles. The van der Waals surface area contributed by atoms with Gasteiger partial charge in [0.25, 0.3) is 0 Å². The molecule has 5 nitrogen and oxygen atoms in total. The fourth-order valence-corrected chi connectivity index (χ4v) is 5.28. The van der Waals surface area contributed by atoms with Gasteiger partial charge in [0.2, 0.25) is 0 Å². The van der Waals surface area contributed by atoms with Crippen LogP contribution in [0.15, 0.2) is 77.6 Å². The third-order valence-electron chi connectivity index (χ3n) is 6.91. The summed E-state index contributed by atoms with van der Waals surface area (Å²) in [4.78, 5) is 28.5. The van der Waals surface area contributed by atoms with E-state index in [2.05, 4.69) is 51.8 Å². The Balaban J connectivity index is 1.25. The van der Waals surface area contributed by atoms with Crippen molar-refractivity contribution in [3.63, 3.8) is 0 Å². The molecule has 7 heteroatoms. The minimum absolute atomic E-state index is 0.00567. The first-order valence-electron chi connectivity index (χ1n) is 11.9. The summed E-state index contributed by atoms with van der Waals surface area (Å²) in [6, 6.07) is 22.0. The molecule has 0 radical (unpaired) electrons. The number of nitrogens with zero attached hydrogens (tertiary/aromatic N) is 3. The lowest BCUT2D eigenvalue weighted by atomic mass is 9.89. The van der Waals surface area contributed by atoms with Gasteiger partial charge in [0.1, 0.15) is 5.82 Å². The molecule has 0 unspecified atom stereocenters. The Morgan fingerprint density at radius 1 is 0.857 bits per heavy atom. The molecule has 0 bridgehead atoms. The summed E-state index contributed by atoms with van der Waals surface area (Å²) < 4.78 is 18.1. The molecule has 0 N–H and O–H groups in total. The highest BCUT2D eigenvalue weighted by molar-refractivity contribution is 14.1. The summed E-state index contributed by atoms with van der Waals surface area (Å²) >= 11 is 2.28. The van der Waals surface area contributed by atoms with Gasteiger partial charge in [0.15, 0.2) is 5.78 Å². The zero-order chi connectivity index (χ0) is 24.4. The molecular formula is C28H27FIN3O2. The number of carbonyl (C=O) groups is 1. The first-order valence-corrected chi connectivity index (χ1v) is 13.0. The van der Waals surface area contributed by atoms with E-state index in [1.54, 1.807) is 12.1 Å². The second-order valence-corrected chi connectivity index (χ2v) is 10.4. The van der Waals surface area contributed by atoms with Crippen LogP contribution in [0, 0.1) is 15.3 Å². The molecule has 1 fully saturated rings. The Kier molecular flexibility index (Phi) is 7.15. The number of ketones is 1. The maximum Gasteiger partial charge on any atom is 0.329 e. The second-order valence-electron chi connectivity index (χ2n) is 9.12. The van der Waals surface area contributed by atoms with Gasteiger partial charge in [0.05, 0.1) is 17.6 Å². The third-order valence-corrected chi connectivity index (χ3v) is 7.63. The van der Waals surface area contributed by atoms with E-state index in [4.69, 9.17) is 0 Å². The van der Waals surface area contributed by atoms with Crippen LogP contribution in [0.25, 0.3) is 11.0 Å². The number of rotatable bonds is 7. The van der Waals surface area contributed by atoms with E-state index in [1.165, 1.54) is 15.7 Å². The molecule has 5 rings (SSSR count). The number of fused-ring (bicyclic) bond motifs is 1. The quantitative estimate of drug-likeness (QED) is 0.222. The average molecular weight is 583 g/mol. The summed E-state index contributed by atoms with van der Waals surface area (Å²) in [6.07, 6.45) is 1.55. The number of para-hydroxylation sites is 2. The average Bonchev–Trinajstić information content (AvgIpc) is 3.15. The molecule has 4 aromatic rings. The number of aromatic nitrogens is 2. The highest BCUT2D eigenvalue weighted by Gasteiger charge is 2.26. The number of likely N-dealkylation sites (tertiary alicyclic amines) is 1. The van der Waals surface area contributed by atoms with E-state index in [0.29, 0.717) is 18.7 Å². The van der Waals surface area contributed by atoms with Crippen molar-refractivity contribution in [3.05, 3.63) is 104 Å². The molecule has 0 aliphatic carbocycles. The summed E-state index contributed by atoms with van der Waals surface area (Å²) in [5.41, 5.74) is 3.58. The molecule has 1 aliphatic rings. The lowest BCUT2D eigenvalue weighted by Crippen LogP contribution is -2.39. The van der Waals surface area contributed by atoms with Crippen LogP contribution >= 0.6 is 22.6 Å². The van der Waals surface area contributed by atoms with E-state index < -0.39 is 0 Å². The summed E-state index contributed by atoms with van der Waals surface area (Å²) in [5, 5.41) is 0. The Hall–Kier alpha value is -2.78. The van der Waals surface area contributed by atoms with Gasteiger partial charge in [0, 0.05) is 28.1 Å². The molecule has 0 amide bonds. The molecule has 0 spiro atoms. The molecular weight excluding hydrogens is 556 g/mol. The van der Waals surface area contributed by atoms with Crippen molar-refractivity contribution in [3.8, 4) is 0 Å². The first kappa shape index (κ1) is 23.9. The van der Waals surface area contributed by atoms with Crippen molar-refractivity contribution in [2.24, 2.45) is 5.92 Å². The van der Waals surface area contributed by atoms with Crippen molar-refractivity contribution in [2.45, 2.75) is 25.9 Å². The molecule has 0 atom stereocenters. The molecule has 0 saturated carbocycles. The third kappa shape index (κ3) is 5.26. The fraction of sp³-hybridized carbons (Fsp3) is 0.286. The summed E-state index contributed by atoms with van der Waals surface area (Å²) in [5.74, 6) is -0.263. The number of Topliss-reactive ketones (excluding diaryl/α,β-unsaturated/α-hetero) is 1. The Labute approximate surface area is 217 Å². The van der Waals surface area contributed by atoms with Crippen molar-refractivity contribution in [1.82, 2.24) is 14.0 Å². The standard InChI is InChI=1S/C28H27FIN3O2/c29-23-9-7-21(8-10-23)27(34)22-13-15-31(16-14-22)17-18-32-25-3-1-2-4-26(25)33(28(32)35)19-20-5-11-24(30)12-6-20/h1-12,22H,13-19H2. The minimum atomic E-state index is -0.327. The molecule has 3 aromatic carbocycles. The van der Waals surface area contributed by atoms with Gasteiger partial charge in [-0.15, -0.1) is 0 Å². The number of carbonyl (C=O) groups excluding carboxylic acids is 1. The predicted molar refractivity (Wildman–Crippen MR) is 144 cm³/mol. The number of halogens is 2. The minimum Gasteiger partial charge on any atom is -0.302 e. The first-order chi connectivity index (χ1) is 17.0. The second kappa shape index (κ2) is 10.5. The van der Waals surface area contributed by atoms with Gasteiger partial charge in [-0.05, 0) is 103 Å². The van der Waals surface area contributed by atoms with Crippen molar-refractivity contribution < 1.29 is 9.18 Å². The van der Waals surface area contributed by atoms with Crippen LogP contribution < -0.4 is 5.69 Å². The molecule has 1 aliphatic heterocycles. The topological polar surface area (TPSA) is 47.2 Å². The monoisotopic (exact) mass is 583 g/mol. The molecule has 180 valence electrons. The molecule has 1 aromatic heterocycles. The Morgan fingerprint density at radius 3 is 2.14 bits per heavy atom. The number of hydrogen-bond acceptors (Lipinski definition) is 3. The lowest BCUT2D eigenvalue weighted by Gasteiger charge is -2.31. The van der Waals surface area contributed by atoms with Gasteiger partial charge >= 0.3 is 5.69 Å². The zero-order valence-corrected chi connectivity index (χ0v) is 21.5. The van der Waals surface area contributed by atoms with E-state index in [1.807, 2.05) is 33.4 Å². The largest absolute Gasteiger partial charge is 0.329 e. The highest BCUT2D eigenvalue weighted by Crippen LogP contribution is 2.22. The van der Waals surface area contributed by atoms with Crippen LogP contribution in [0.2, 0.25) is 0 Å². The molecule has 1 saturated heterocycles. The van der Waals surface area contributed by atoms with Gasteiger partial charge in [-0.2, -0.15) is 0 Å². The number of hydrogen-bond donors (Lipinski definition) is 0. The summed E-state index contributed by atoms with van der Waals surface area (Å²) in [7, 11) is 0. The smallest absolute Gasteiger partial charge is 0.302 e. The SMILES string of the molecule is O=C(c1ccc(F)cc1)C1CCN(CCn2c(=O)n(Cc3ccc(I)cc3)c3ccccc32)CC1. The maximum absolute atomic E-state index is 13.4. The Morgan fingerprint density at radius 2 is 1.49 bits per heavy atom. The van der Waals surface area contributed by atoms with Crippen molar-refractivity contribution in [1.29, 1.82) is 0 Å². The van der Waals surface area contributed by atoms with E-state index in [9.17, 15) is 14.0 Å². The van der Waals surface area contributed by atoms with Gasteiger partial charge in [-0.3, -0.25) is 13.9 Å². The zero-order valence-electron chi connectivity index (χ0n) is 19.4. The van der Waals surface area contributed by atoms with E-state index in [-0.39, 0.29) is 23.2 Å². The van der Waals surface area contributed by atoms with Crippen molar-refractivity contribution in [2.75, 3.05) is 19.6 Å². The highest BCUT2D eigenvalue weighted by atomic mass is 127. The predicted octanol–water partition coefficient (Wildman–Crippen LogP) is 5.19. The van der Waals surface area contributed by atoms with E-state index in [0.717, 1.165) is 49.1 Å². The van der Waals surface area contributed by atoms with Crippen LogP contribution in [0.5, 0.6) is 0 Å². The normalized spacial score (nSPS) is 15.0. The van der Waals surface area contributed by atoms with Gasteiger partial charge < -0.3 is 4.90 Å². The van der Waals surface area contributed by atoms with Crippen LogP contribution in [0.3, 0.4) is 0 Å². The number of piperidine rings is 1. The fourth-order valence-electron chi connectivity index (χ4n) is 4.92. The summed E-state index contributed by atoms with van der Waals surface area (Å²) in [6.45, 7) is 3.53.